The van der Waals surface area contributed by atoms with Gasteiger partial charge in [0.2, 0.25) is 0 Å². The fraction of sp³-hybridized carbons (Fsp3) is 0.562. The maximum Gasteiger partial charge on any atom is 0.179 e. The SMILES string of the molecule is CC1CNc2cc(C(=O)C(C)NC(C)(C)C)ccc2O1. The van der Waals surface area contributed by atoms with Crippen LogP contribution in [0.1, 0.15) is 45.0 Å². The fourth-order valence-electron chi connectivity index (χ4n) is 2.40. The summed E-state index contributed by atoms with van der Waals surface area (Å²) >= 11 is 0. The fourth-order valence-corrected chi connectivity index (χ4v) is 2.40. The molecule has 1 heterocycles. The van der Waals surface area contributed by atoms with Crippen LogP contribution in [-0.2, 0) is 0 Å². The van der Waals surface area contributed by atoms with Gasteiger partial charge in [-0.1, -0.05) is 0 Å². The molecule has 4 heteroatoms. The first-order valence-electron chi connectivity index (χ1n) is 7.13. The van der Waals surface area contributed by atoms with E-state index in [1.165, 1.54) is 0 Å². The van der Waals surface area contributed by atoms with Crippen molar-refractivity contribution in [1.29, 1.82) is 0 Å². The standard InChI is InChI=1S/C16H24N2O2/c1-10-9-17-13-8-12(6-7-14(13)20-10)15(19)11(2)18-16(3,4)5/h6-8,10-11,17-18H,9H2,1-5H3. The predicted octanol–water partition coefficient (Wildman–Crippen LogP) is 2.84. The van der Waals surface area contributed by atoms with E-state index in [0.717, 1.165) is 18.0 Å². The van der Waals surface area contributed by atoms with E-state index < -0.39 is 0 Å². The van der Waals surface area contributed by atoms with Crippen molar-refractivity contribution in [2.75, 3.05) is 11.9 Å². The van der Waals surface area contributed by atoms with Gasteiger partial charge in [0.05, 0.1) is 18.3 Å². The van der Waals surface area contributed by atoms with Crippen LogP contribution in [0, 0.1) is 0 Å². The van der Waals surface area contributed by atoms with Crippen molar-refractivity contribution < 1.29 is 9.53 Å². The number of ketones is 1. The number of anilines is 1. The van der Waals surface area contributed by atoms with Crippen LogP contribution in [0.2, 0.25) is 0 Å². The topological polar surface area (TPSA) is 50.4 Å². The third-order valence-electron chi connectivity index (χ3n) is 3.22. The van der Waals surface area contributed by atoms with E-state index in [2.05, 4.69) is 31.4 Å². The zero-order valence-electron chi connectivity index (χ0n) is 12.9. The van der Waals surface area contributed by atoms with Crippen molar-refractivity contribution in [3.05, 3.63) is 23.8 Å². The number of Topliss-reactive ketones (excluding diaryl/α,β-unsaturated/α-hetero) is 1. The summed E-state index contributed by atoms with van der Waals surface area (Å²) in [5.41, 5.74) is 1.52. The van der Waals surface area contributed by atoms with Gasteiger partial charge in [-0.05, 0) is 52.8 Å². The first-order chi connectivity index (χ1) is 9.26. The van der Waals surface area contributed by atoms with E-state index in [-0.39, 0.29) is 23.5 Å². The van der Waals surface area contributed by atoms with Crippen LogP contribution in [0.3, 0.4) is 0 Å². The molecule has 0 aliphatic carbocycles. The van der Waals surface area contributed by atoms with Crippen LogP contribution in [0.25, 0.3) is 0 Å². The lowest BCUT2D eigenvalue weighted by atomic mass is 10.0. The Kier molecular flexibility index (Phi) is 4.04. The molecule has 0 saturated heterocycles. The molecule has 1 aromatic carbocycles. The second-order valence-electron chi connectivity index (χ2n) is 6.50. The highest BCUT2D eigenvalue weighted by molar-refractivity contribution is 6.01. The first kappa shape index (κ1) is 14.9. The smallest absolute Gasteiger partial charge is 0.179 e. The maximum atomic E-state index is 12.4. The molecule has 0 fully saturated rings. The molecule has 1 aliphatic rings. The Morgan fingerprint density at radius 3 is 2.80 bits per heavy atom. The number of carbonyl (C=O) groups excluding carboxylic acids is 1. The number of fused-ring (bicyclic) bond motifs is 1. The van der Waals surface area contributed by atoms with Crippen LogP contribution in [-0.4, -0.2) is 30.0 Å². The van der Waals surface area contributed by atoms with Gasteiger partial charge in [-0.25, -0.2) is 0 Å². The molecule has 2 atom stereocenters. The molecular formula is C16H24N2O2. The molecule has 4 nitrogen and oxygen atoms in total. The van der Waals surface area contributed by atoms with Crippen LogP contribution < -0.4 is 15.4 Å². The summed E-state index contributed by atoms with van der Waals surface area (Å²) in [5, 5.41) is 6.60. The predicted molar refractivity (Wildman–Crippen MR) is 81.7 cm³/mol. The molecule has 0 saturated carbocycles. The Morgan fingerprint density at radius 2 is 2.15 bits per heavy atom. The van der Waals surface area contributed by atoms with Gasteiger partial charge in [0, 0.05) is 11.1 Å². The average molecular weight is 276 g/mol. The summed E-state index contributed by atoms with van der Waals surface area (Å²) in [4.78, 5) is 12.4. The highest BCUT2D eigenvalue weighted by Gasteiger charge is 2.22. The van der Waals surface area contributed by atoms with Crippen LogP contribution in [0.4, 0.5) is 5.69 Å². The lowest BCUT2D eigenvalue weighted by Crippen LogP contribution is -2.46. The normalized spacial score (nSPS) is 19.6. The van der Waals surface area contributed by atoms with E-state index in [1.807, 2.05) is 32.0 Å². The number of carbonyl (C=O) groups is 1. The third kappa shape index (κ3) is 3.51. The first-order valence-corrected chi connectivity index (χ1v) is 7.13. The molecule has 2 rings (SSSR count). The summed E-state index contributed by atoms with van der Waals surface area (Å²) in [6.07, 6.45) is 0.158. The zero-order valence-corrected chi connectivity index (χ0v) is 12.9. The van der Waals surface area contributed by atoms with Crippen LogP contribution in [0.5, 0.6) is 5.75 Å². The number of hydrogen-bond acceptors (Lipinski definition) is 4. The minimum absolute atomic E-state index is 0.0833. The Labute approximate surface area is 120 Å². The highest BCUT2D eigenvalue weighted by atomic mass is 16.5. The summed E-state index contributed by atoms with van der Waals surface area (Å²) in [6, 6.07) is 5.37. The molecule has 1 aliphatic heterocycles. The summed E-state index contributed by atoms with van der Waals surface area (Å²) in [7, 11) is 0. The van der Waals surface area contributed by atoms with Crippen molar-refractivity contribution in [1.82, 2.24) is 5.32 Å². The molecular weight excluding hydrogens is 252 g/mol. The van der Waals surface area contributed by atoms with Gasteiger partial charge in [-0.15, -0.1) is 0 Å². The second-order valence-corrected chi connectivity index (χ2v) is 6.50. The minimum atomic E-state index is -0.212. The van der Waals surface area contributed by atoms with Crippen molar-refractivity contribution in [3.8, 4) is 5.75 Å². The van der Waals surface area contributed by atoms with Gasteiger partial charge in [-0.3, -0.25) is 4.79 Å². The maximum absolute atomic E-state index is 12.4. The van der Waals surface area contributed by atoms with E-state index in [4.69, 9.17) is 4.74 Å². The minimum Gasteiger partial charge on any atom is -0.487 e. The molecule has 2 unspecified atom stereocenters. The second kappa shape index (κ2) is 5.44. The lowest BCUT2D eigenvalue weighted by Gasteiger charge is -2.27. The number of ether oxygens (including phenoxy) is 1. The molecule has 0 bridgehead atoms. The van der Waals surface area contributed by atoms with Crippen LogP contribution >= 0.6 is 0 Å². The zero-order chi connectivity index (χ0) is 14.9. The van der Waals surface area contributed by atoms with Crippen molar-refractivity contribution in [2.45, 2.75) is 52.3 Å². The summed E-state index contributed by atoms with van der Waals surface area (Å²) in [5.74, 6) is 0.917. The van der Waals surface area contributed by atoms with Gasteiger partial charge >= 0.3 is 0 Å². The molecule has 0 radical (unpaired) electrons. The molecule has 20 heavy (non-hydrogen) atoms. The summed E-state index contributed by atoms with van der Waals surface area (Å²) < 4.78 is 5.72. The van der Waals surface area contributed by atoms with Crippen molar-refractivity contribution in [3.63, 3.8) is 0 Å². The monoisotopic (exact) mass is 276 g/mol. The molecule has 0 spiro atoms. The van der Waals surface area contributed by atoms with Gasteiger partial charge in [0.25, 0.3) is 0 Å². The highest BCUT2D eigenvalue weighted by Crippen LogP contribution is 2.30. The van der Waals surface area contributed by atoms with Crippen LogP contribution in [0.15, 0.2) is 18.2 Å². The van der Waals surface area contributed by atoms with E-state index in [0.29, 0.717) is 5.56 Å². The Morgan fingerprint density at radius 1 is 1.45 bits per heavy atom. The number of nitrogens with one attached hydrogen (secondary N) is 2. The average Bonchev–Trinajstić information content (AvgIpc) is 2.35. The van der Waals surface area contributed by atoms with Crippen molar-refractivity contribution >= 4 is 11.5 Å². The third-order valence-corrected chi connectivity index (χ3v) is 3.22. The van der Waals surface area contributed by atoms with Gasteiger partial charge in [0.15, 0.2) is 5.78 Å². The van der Waals surface area contributed by atoms with Gasteiger partial charge in [-0.2, -0.15) is 0 Å². The van der Waals surface area contributed by atoms with E-state index in [9.17, 15) is 4.79 Å². The Hall–Kier alpha value is -1.55. The van der Waals surface area contributed by atoms with E-state index >= 15 is 0 Å². The quantitative estimate of drug-likeness (QED) is 0.834. The number of benzene rings is 1. The molecule has 1 aromatic rings. The van der Waals surface area contributed by atoms with Gasteiger partial charge < -0.3 is 15.4 Å². The van der Waals surface area contributed by atoms with Crippen molar-refractivity contribution in [2.24, 2.45) is 0 Å². The summed E-state index contributed by atoms with van der Waals surface area (Å²) in [6.45, 7) is 10.9. The molecule has 0 aromatic heterocycles. The molecule has 0 amide bonds. The Balaban J connectivity index is 2.15. The number of hydrogen-bond donors (Lipinski definition) is 2. The Bertz CT molecular complexity index is 506. The lowest BCUT2D eigenvalue weighted by molar-refractivity contribution is 0.0935. The van der Waals surface area contributed by atoms with Gasteiger partial charge in [0.1, 0.15) is 11.9 Å². The number of rotatable bonds is 3. The molecule has 110 valence electrons. The molecule has 2 N–H and O–H groups in total. The largest absolute Gasteiger partial charge is 0.487 e. The van der Waals surface area contributed by atoms with E-state index in [1.54, 1.807) is 0 Å².